The predicted octanol–water partition coefficient (Wildman–Crippen LogP) is 2.63. The van der Waals surface area contributed by atoms with Crippen LogP contribution >= 0.6 is 23.2 Å². The normalized spacial score (nSPS) is 9.69. The van der Waals surface area contributed by atoms with Crippen LogP contribution in [0.25, 0.3) is 0 Å². The molecule has 13 heavy (non-hydrogen) atoms. The van der Waals surface area contributed by atoms with Crippen molar-refractivity contribution >= 4 is 34.1 Å². The number of carbonyl (C=O) groups is 1. The fraction of sp³-hybridized carbons (Fsp3) is 0. The van der Waals surface area contributed by atoms with Gasteiger partial charge in [-0.05, 0) is 23.7 Å². The lowest BCUT2D eigenvalue weighted by Crippen LogP contribution is -1.98. The van der Waals surface area contributed by atoms with Crippen LogP contribution in [0.1, 0.15) is 10.4 Å². The number of para-hydroxylation sites is 1. The van der Waals surface area contributed by atoms with Gasteiger partial charge in [-0.15, -0.1) is 0 Å². The summed E-state index contributed by atoms with van der Waals surface area (Å²) < 4.78 is 0. The molecule has 0 radical (unpaired) electrons. The number of halogens is 2. The van der Waals surface area contributed by atoms with E-state index in [1.54, 1.807) is 0 Å². The third kappa shape index (κ3) is 1.96. The molecule has 0 atom stereocenters. The van der Waals surface area contributed by atoms with Gasteiger partial charge >= 0.3 is 0 Å². The highest BCUT2D eigenvalue weighted by atomic mass is 35.5. The molecule has 0 saturated carbocycles. The molecule has 0 fully saturated rings. The summed E-state index contributed by atoms with van der Waals surface area (Å²) in [6.07, 6.45) is 0. The average molecular weight is 220 g/mol. The second-order valence-corrected chi connectivity index (χ2v) is 2.92. The summed E-state index contributed by atoms with van der Waals surface area (Å²) in [5.41, 5.74) is -0.650. The van der Waals surface area contributed by atoms with Gasteiger partial charge in [-0.1, -0.05) is 17.7 Å². The topological polar surface area (TPSA) is 60.2 Å². The summed E-state index contributed by atoms with van der Waals surface area (Å²) in [5.74, 6) is 0. The summed E-state index contributed by atoms with van der Waals surface area (Å²) in [6, 6.07) is 3.99. The molecule has 0 heterocycles. The first-order chi connectivity index (χ1) is 6.04. The molecule has 6 heteroatoms. The van der Waals surface area contributed by atoms with Crippen molar-refractivity contribution in [2.75, 3.05) is 0 Å². The monoisotopic (exact) mass is 219 g/mol. The zero-order chi connectivity index (χ0) is 10.0. The van der Waals surface area contributed by atoms with E-state index in [1.807, 2.05) is 0 Å². The van der Waals surface area contributed by atoms with Crippen LogP contribution in [-0.2, 0) is 0 Å². The zero-order valence-electron chi connectivity index (χ0n) is 6.16. The largest absolute Gasteiger partial charge is 0.299 e. The maximum atomic E-state index is 10.7. The number of nitrogens with zero attached hydrogens (tertiary/aromatic N) is 1. The van der Waals surface area contributed by atoms with Crippen LogP contribution in [-0.4, -0.2) is 10.2 Å². The van der Waals surface area contributed by atoms with Gasteiger partial charge in [-0.3, -0.25) is 14.9 Å². The van der Waals surface area contributed by atoms with Crippen molar-refractivity contribution in [1.82, 2.24) is 0 Å². The van der Waals surface area contributed by atoms with E-state index in [9.17, 15) is 14.9 Å². The van der Waals surface area contributed by atoms with E-state index in [1.165, 1.54) is 18.2 Å². The summed E-state index contributed by atoms with van der Waals surface area (Å²) in [5, 5.41) is 9.46. The van der Waals surface area contributed by atoms with Crippen molar-refractivity contribution in [3.05, 3.63) is 38.9 Å². The van der Waals surface area contributed by atoms with Crippen LogP contribution in [0.15, 0.2) is 18.2 Å². The maximum absolute atomic E-state index is 10.7. The van der Waals surface area contributed by atoms with Gasteiger partial charge in [0, 0.05) is 0 Å². The molecule has 0 bridgehead atoms. The van der Waals surface area contributed by atoms with E-state index in [-0.39, 0.29) is 10.6 Å². The number of benzene rings is 1. The van der Waals surface area contributed by atoms with Crippen molar-refractivity contribution < 1.29 is 9.72 Å². The number of nitro groups is 1. The van der Waals surface area contributed by atoms with Gasteiger partial charge < -0.3 is 0 Å². The van der Waals surface area contributed by atoms with Crippen molar-refractivity contribution in [2.24, 2.45) is 0 Å². The highest BCUT2D eigenvalue weighted by molar-refractivity contribution is 6.68. The highest BCUT2D eigenvalue weighted by Crippen LogP contribution is 2.28. The number of carbonyl (C=O) groups excluding carboxylic acids is 1. The first kappa shape index (κ1) is 9.95. The molecular formula is C7H3Cl2NO3. The summed E-state index contributed by atoms with van der Waals surface area (Å²) in [4.78, 5) is 20.4. The van der Waals surface area contributed by atoms with Crippen molar-refractivity contribution in [3.63, 3.8) is 0 Å². The van der Waals surface area contributed by atoms with E-state index in [0.717, 1.165) is 0 Å². The van der Waals surface area contributed by atoms with E-state index in [4.69, 9.17) is 23.2 Å². The lowest BCUT2D eigenvalue weighted by molar-refractivity contribution is -0.384. The molecule has 0 N–H and O–H groups in total. The lowest BCUT2D eigenvalue weighted by atomic mass is 10.2. The van der Waals surface area contributed by atoms with Gasteiger partial charge in [0.15, 0.2) is 0 Å². The molecule has 0 unspecified atom stereocenters. The number of rotatable bonds is 2. The minimum Gasteiger partial charge on any atom is -0.275 e. The smallest absolute Gasteiger partial charge is 0.275 e. The van der Waals surface area contributed by atoms with Gasteiger partial charge in [0.25, 0.3) is 10.9 Å². The standard InChI is InChI=1S/C7H3Cl2NO3/c8-5-3-1-2-4(7(9)11)6(5)10(12)13/h1-3H. The Morgan fingerprint density at radius 2 is 2.08 bits per heavy atom. The fourth-order valence-corrected chi connectivity index (χ4v) is 1.26. The second-order valence-electron chi connectivity index (χ2n) is 2.17. The Morgan fingerprint density at radius 1 is 1.46 bits per heavy atom. The van der Waals surface area contributed by atoms with Gasteiger partial charge in [-0.2, -0.15) is 0 Å². The van der Waals surface area contributed by atoms with E-state index < -0.39 is 15.9 Å². The van der Waals surface area contributed by atoms with Gasteiger partial charge in [0.05, 0.1) is 4.92 Å². The Hall–Kier alpha value is -1.13. The molecule has 0 amide bonds. The van der Waals surface area contributed by atoms with Crippen LogP contribution in [0.2, 0.25) is 5.02 Å². The molecule has 0 aromatic heterocycles. The number of nitro benzene ring substituents is 1. The molecule has 0 aliphatic carbocycles. The van der Waals surface area contributed by atoms with Crippen LogP contribution in [0.4, 0.5) is 5.69 Å². The Kier molecular flexibility index (Phi) is 2.85. The predicted molar refractivity (Wildman–Crippen MR) is 48.3 cm³/mol. The molecule has 1 rings (SSSR count). The maximum Gasteiger partial charge on any atom is 0.299 e. The van der Waals surface area contributed by atoms with Crippen LogP contribution in [0.5, 0.6) is 0 Å². The molecule has 4 nitrogen and oxygen atoms in total. The third-order valence-corrected chi connectivity index (χ3v) is 1.89. The Labute approximate surface area is 83.2 Å². The van der Waals surface area contributed by atoms with E-state index >= 15 is 0 Å². The van der Waals surface area contributed by atoms with Gasteiger partial charge in [0.1, 0.15) is 10.6 Å². The Morgan fingerprint density at radius 3 is 2.46 bits per heavy atom. The molecule has 0 spiro atoms. The highest BCUT2D eigenvalue weighted by Gasteiger charge is 2.21. The zero-order valence-corrected chi connectivity index (χ0v) is 7.67. The summed E-state index contributed by atoms with van der Waals surface area (Å²) in [6.45, 7) is 0. The van der Waals surface area contributed by atoms with Crippen molar-refractivity contribution in [2.45, 2.75) is 0 Å². The van der Waals surface area contributed by atoms with E-state index in [0.29, 0.717) is 0 Å². The summed E-state index contributed by atoms with van der Waals surface area (Å²) >= 11 is 10.6. The van der Waals surface area contributed by atoms with E-state index in [2.05, 4.69) is 0 Å². The molecule has 1 aromatic rings. The second kappa shape index (κ2) is 3.72. The van der Waals surface area contributed by atoms with Crippen molar-refractivity contribution in [1.29, 1.82) is 0 Å². The Bertz CT molecular complexity index is 378. The molecule has 68 valence electrons. The SMILES string of the molecule is O=C(Cl)c1cccc(Cl)c1[N+](=O)[O-]. The first-order valence-corrected chi connectivity index (χ1v) is 3.92. The first-order valence-electron chi connectivity index (χ1n) is 3.16. The molecule has 0 saturated heterocycles. The molecular weight excluding hydrogens is 217 g/mol. The number of hydrogen-bond acceptors (Lipinski definition) is 3. The molecule has 1 aromatic carbocycles. The van der Waals surface area contributed by atoms with Crippen LogP contribution in [0, 0.1) is 10.1 Å². The van der Waals surface area contributed by atoms with Crippen LogP contribution in [0.3, 0.4) is 0 Å². The third-order valence-electron chi connectivity index (χ3n) is 1.38. The van der Waals surface area contributed by atoms with Gasteiger partial charge in [0.2, 0.25) is 0 Å². The lowest BCUT2D eigenvalue weighted by Gasteiger charge is -1.98. The Balaban J connectivity index is 3.43. The quantitative estimate of drug-likeness (QED) is 0.437. The molecule has 0 aliphatic heterocycles. The van der Waals surface area contributed by atoms with Crippen LogP contribution < -0.4 is 0 Å². The minimum atomic E-state index is -0.894. The number of hydrogen-bond donors (Lipinski definition) is 0. The average Bonchev–Trinajstić information content (AvgIpc) is 2.02. The van der Waals surface area contributed by atoms with Gasteiger partial charge in [-0.25, -0.2) is 0 Å². The van der Waals surface area contributed by atoms with Crippen molar-refractivity contribution in [3.8, 4) is 0 Å². The fourth-order valence-electron chi connectivity index (χ4n) is 0.860. The minimum absolute atomic E-state index is 0.100. The summed E-state index contributed by atoms with van der Waals surface area (Å²) in [7, 11) is 0. The molecule has 0 aliphatic rings.